The summed E-state index contributed by atoms with van der Waals surface area (Å²) in [7, 11) is 0. The van der Waals surface area contributed by atoms with E-state index in [2.05, 4.69) is 85.8 Å². The Labute approximate surface area is 209 Å². The summed E-state index contributed by atoms with van der Waals surface area (Å²) in [5, 5.41) is 9.27. The van der Waals surface area contributed by atoms with Gasteiger partial charge in [-0.15, -0.1) is 0 Å². The molecule has 0 aliphatic heterocycles. The van der Waals surface area contributed by atoms with Crippen molar-refractivity contribution in [3.05, 3.63) is 101 Å². The smallest absolute Gasteiger partial charge is 0.0944 e. The standard InChI is InChI=1S/C31H34N2S/c1-6-16-31(17-7-2)28-11-9-8-10-26(28)27-15-12-23(19-29(27)31)25-14-13-24(18-21(3)20-32)30(22(25)4)33-34-5/h8-15,18-19,30,33H,4,6-7,16-17H2,1-3,5H3/b21-18+. The SMILES string of the molecule is C=C1C(c2ccc3c(c2)C(CCC)(CCC)c2ccccc2-3)=CC=C(/C=C(\C)C#N)C1NSC. The van der Waals surface area contributed by atoms with Crippen molar-refractivity contribution in [1.29, 1.82) is 5.26 Å². The molecule has 2 nitrogen and oxygen atoms in total. The molecule has 0 fully saturated rings. The molecule has 2 aliphatic carbocycles. The van der Waals surface area contributed by atoms with Crippen LogP contribution in [0.5, 0.6) is 0 Å². The number of benzene rings is 2. The fraction of sp³-hybridized carbons (Fsp3) is 0.323. The highest BCUT2D eigenvalue weighted by atomic mass is 32.2. The highest BCUT2D eigenvalue weighted by molar-refractivity contribution is 7.96. The third kappa shape index (κ3) is 4.11. The number of nitrogens with zero attached hydrogens (tertiary/aromatic N) is 1. The minimum absolute atomic E-state index is 0.0280. The summed E-state index contributed by atoms with van der Waals surface area (Å²) in [5.41, 5.74) is 11.0. The molecule has 0 heterocycles. The van der Waals surface area contributed by atoms with Crippen LogP contribution in [0.15, 0.2) is 84.0 Å². The van der Waals surface area contributed by atoms with Crippen molar-refractivity contribution in [3.63, 3.8) is 0 Å². The van der Waals surface area contributed by atoms with Gasteiger partial charge in [0.1, 0.15) is 0 Å². The van der Waals surface area contributed by atoms with Crippen LogP contribution in [-0.2, 0) is 5.41 Å². The molecule has 0 spiro atoms. The van der Waals surface area contributed by atoms with Crippen LogP contribution < -0.4 is 4.72 Å². The van der Waals surface area contributed by atoms with Crippen molar-refractivity contribution in [2.45, 2.75) is 57.9 Å². The van der Waals surface area contributed by atoms with Crippen LogP contribution in [0.2, 0.25) is 0 Å². The van der Waals surface area contributed by atoms with E-state index in [1.807, 2.05) is 19.3 Å². The first-order chi connectivity index (χ1) is 16.5. The van der Waals surface area contributed by atoms with Crippen molar-refractivity contribution >= 4 is 17.5 Å². The van der Waals surface area contributed by atoms with Crippen molar-refractivity contribution in [3.8, 4) is 17.2 Å². The van der Waals surface area contributed by atoms with E-state index in [4.69, 9.17) is 0 Å². The van der Waals surface area contributed by atoms with E-state index < -0.39 is 0 Å². The van der Waals surface area contributed by atoms with Gasteiger partial charge < -0.3 is 0 Å². The fourth-order valence-electron chi connectivity index (χ4n) is 5.83. The predicted octanol–water partition coefficient (Wildman–Crippen LogP) is 8.14. The number of hydrogen-bond acceptors (Lipinski definition) is 3. The quantitative estimate of drug-likeness (QED) is 0.315. The maximum atomic E-state index is 9.27. The average molecular weight is 467 g/mol. The van der Waals surface area contributed by atoms with Gasteiger partial charge in [0.2, 0.25) is 0 Å². The third-order valence-electron chi connectivity index (χ3n) is 7.20. The number of rotatable bonds is 8. The highest BCUT2D eigenvalue weighted by Gasteiger charge is 2.41. The topological polar surface area (TPSA) is 35.8 Å². The molecule has 0 aromatic heterocycles. The Morgan fingerprint density at radius 3 is 2.47 bits per heavy atom. The Balaban J connectivity index is 1.85. The summed E-state index contributed by atoms with van der Waals surface area (Å²) >= 11 is 1.58. The van der Waals surface area contributed by atoms with Crippen LogP contribution in [0.4, 0.5) is 0 Å². The molecule has 0 bridgehead atoms. The Kier molecular flexibility index (Phi) is 7.31. The molecule has 2 aliphatic rings. The van der Waals surface area contributed by atoms with Gasteiger partial charge in [0.15, 0.2) is 0 Å². The lowest BCUT2D eigenvalue weighted by Crippen LogP contribution is -2.29. The molecule has 2 aromatic rings. The van der Waals surface area contributed by atoms with E-state index in [-0.39, 0.29) is 11.5 Å². The molecule has 0 amide bonds. The van der Waals surface area contributed by atoms with Crippen molar-refractivity contribution in [2.75, 3.05) is 6.26 Å². The van der Waals surface area contributed by atoms with Crippen molar-refractivity contribution < 1.29 is 0 Å². The van der Waals surface area contributed by atoms with Crippen molar-refractivity contribution in [2.24, 2.45) is 0 Å². The van der Waals surface area contributed by atoms with Gasteiger partial charge in [-0.1, -0.05) is 93.8 Å². The lowest BCUT2D eigenvalue weighted by Gasteiger charge is -2.33. The summed E-state index contributed by atoms with van der Waals surface area (Å²) in [6.07, 6.45) is 12.9. The van der Waals surface area contributed by atoms with E-state index in [0.29, 0.717) is 5.57 Å². The fourth-order valence-corrected chi connectivity index (χ4v) is 6.35. The van der Waals surface area contributed by atoms with E-state index in [1.165, 1.54) is 33.4 Å². The summed E-state index contributed by atoms with van der Waals surface area (Å²) in [5.74, 6) is 0. The molecular formula is C31H34N2S. The van der Waals surface area contributed by atoms with E-state index in [1.54, 1.807) is 11.9 Å². The van der Waals surface area contributed by atoms with Gasteiger partial charge in [0.05, 0.1) is 12.1 Å². The Bertz CT molecular complexity index is 1230. The molecule has 34 heavy (non-hydrogen) atoms. The largest absolute Gasteiger partial charge is 0.252 e. The number of nitriles is 1. The molecule has 4 rings (SSSR count). The monoisotopic (exact) mass is 466 g/mol. The predicted molar refractivity (Wildman–Crippen MR) is 147 cm³/mol. The van der Waals surface area contributed by atoms with E-state index >= 15 is 0 Å². The van der Waals surface area contributed by atoms with Gasteiger partial charge in [-0.25, -0.2) is 0 Å². The minimum Gasteiger partial charge on any atom is -0.252 e. The number of hydrogen-bond donors (Lipinski definition) is 1. The average Bonchev–Trinajstić information content (AvgIpc) is 3.11. The Morgan fingerprint density at radius 1 is 1.09 bits per heavy atom. The Morgan fingerprint density at radius 2 is 1.79 bits per heavy atom. The second-order valence-corrected chi connectivity index (χ2v) is 10.00. The van der Waals surface area contributed by atoms with Gasteiger partial charge in [0, 0.05) is 11.0 Å². The molecule has 2 aromatic carbocycles. The van der Waals surface area contributed by atoms with Crippen LogP contribution in [0.3, 0.4) is 0 Å². The molecule has 0 saturated carbocycles. The summed E-state index contributed by atoms with van der Waals surface area (Å²) < 4.78 is 3.49. The van der Waals surface area contributed by atoms with Crippen molar-refractivity contribution in [1.82, 2.24) is 4.72 Å². The van der Waals surface area contributed by atoms with E-state index in [0.717, 1.165) is 36.8 Å². The summed E-state index contributed by atoms with van der Waals surface area (Å²) in [6, 6.07) is 18.2. The van der Waals surface area contributed by atoms with Crippen LogP contribution in [-0.4, -0.2) is 12.3 Å². The first-order valence-electron chi connectivity index (χ1n) is 12.2. The zero-order chi connectivity index (χ0) is 24.3. The molecule has 0 radical (unpaired) electrons. The van der Waals surface area contributed by atoms with Crippen LogP contribution in [0.1, 0.15) is 63.1 Å². The zero-order valence-electron chi connectivity index (χ0n) is 20.7. The first-order valence-corrected chi connectivity index (χ1v) is 13.5. The second kappa shape index (κ2) is 10.2. The second-order valence-electron chi connectivity index (χ2n) is 9.35. The maximum Gasteiger partial charge on any atom is 0.0944 e. The summed E-state index contributed by atoms with van der Waals surface area (Å²) in [4.78, 5) is 0. The molecule has 1 atom stereocenters. The zero-order valence-corrected chi connectivity index (χ0v) is 21.6. The Hall–Kier alpha value is -2.80. The molecule has 174 valence electrons. The lowest BCUT2D eigenvalue weighted by atomic mass is 9.71. The van der Waals surface area contributed by atoms with Gasteiger partial charge in [-0.2, -0.15) is 5.26 Å². The van der Waals surface area contributed by atoms with Crippen LogP contribution >= 0.6 is 11.9 Å². The first kappa shape index (κ1) is 24.3. The molecule has 0 saturated heterocycles. The third-order valence-corrected chi connectivity index (χ3v) is 7.67. The van der Waals surface area contributed by atoms with Crippen LogP contribution in [0, 0.1) is 11.3 Å². The maximum absolute atomic E-state index is 9.27. The molecule has 3 heteroatoms. The minimum atomic E-state index is -0.0280. The van der Waals surface area contributed by atoms with Gasteiger partial charge in [-0.05, 0) is 82.7 Å². The lowest BCUT2D eigenvalue weighted by molar-refractivity contribution is 0.436. The van der Waals surface area contributed by atoms with Gasteiger partial charge in [-0.3, -0.25) is 4.72 Å². The normalized spacial score (nSPS) is 18.6. The molecule has 1 N–H and O–H groups in total. The van der Waals surface area contributed by atoms with Gasteiger partial charge >= 0.3 is 0 Å². The molecule has 1 unspecified atom stereocenters. The highest BCUT2D eigenvalue weighted by Crippen LogP contribution is 2.54. The number of allylic oxidation sites excluding steroid dienone is 3. The summed E-state index contributed by atoms with van der Waals surface area (Å²) in [6.45, 7) is 10.9. The van der Waals surface area contributed by atoms with Crippen LogP contribution in [0.25, 0.3) is 16.7 Å². The van der Waals surface area contributed by atoms with Gasteiger partial charge in [0.25, 0.3) is 0 Å². The van der Waals surface area contributed by atoms with E-state index in [9.17, 15) is 5.26 Å². The molecular weight excluding hydrogens is 432 g/mol. The number of fused-ring (bicyclic) bond motifs is 3. The number of nitrogens with one attached hydrogen (secondary N) is 1.